The Hall–Kier alpha value is -3.45. The van der Waals surface area contributed by atoms with Crippen molar-refractivity contribution < 1.29 is 9.18 Å². The van der Waals surface area contributed by atoms with Crippen molar-refractivity contribution in [2.45, 2.75) is 12.8 Å². The van der Waals surface area contributed by atoms with E-state index in [1.54, 1.807) is 47.2 Å². The topological polar surface area (TPSA) is 66.8 Å². The van der Waals surface area contributed by atoms with Crippen LogP contribution >= 0.6 is 11.6 Å². The van der Waals surface area contributed by atoms with Crippen LogP contribution < -0.4 is 0 Å². The molecule has 8 heteroatoms. The number of amides is 1. The van der Waals surface area contributed by atoms with Crippen LogP contribution in [-0.4, -0.2) is 44.4 Å². The number of nitrogens with one attached hydrogen (secondary N) is 1. The monoisotopic (exact) mass is 437 g/mol. The van der Waals surface area contributed by atoms with Crippen LogP contribution in [0.2, 0.25) is 5.02 Å². The van der Waals surface area contributed by atoms with E-state index in [0.717, 1.165) is 29.8 Å². The van der Waals surface area contributed by atoms with E-state index in [-0.39, 0.29) is 11.7 Å². The number of hydrogen-bond donors (Lipinski definition) is 1. The van der Waals surface area contributed by atoms with E-state index >= 15 is 0 Å². The molecule has 6 nitrogen and oxygen atoms in total. The van der Waals surface area contributed by atoms with Crippen LogP contribution in [0.1, 0.15) is 22.5 Å². The summed E-state index contributed by atoms with van der Waals surface area (Å²) in [4.78, 5) is 14.4. The van der Waals surface area contributed by atoms with Gasteiger partial charge in [-0.05, 0) is 55.3 Å². The maximum atomic E-state index is 13.4. The van der Waals surface area contributed by atoms with Crippen LogP contribution in [0.3, 0.4) is 0 Å². The molecule has 0 aliphatic rings. The second-order valence-electron chi connectivity index (χ2n) is 7.27. The highest BCUT2D eigenvalue weighted by Crippen LogP contribution is 2.19. The summed E-state index contributed by atoms with van der Waals surface area (Å²) in [6.07, 6.45) is 4.76. The first-order chi connectivity index (χ1) is 15.0. The molecule has 158 valence electrons. The molecule has 2 aromatic heterocycles. The Morgan fingerprint density at radius 3 is 2.77 bits per heavy atom. The summed E-state index contributed by atoms with van der Waals surface area (Å²) >= 11 is 5.92. The highest BCUT2D eigenvalue weighted by molar-refractivity contribution is 6.30. The van der Waals surface area contributed by atoms with Gasteiger partial charge in [0.15, 0.2) is 0 Å². The average Bonchev–Trinajstić information content (AvgIpc) is 3.44. The quantitative estimate of drug-likeness (QED) is 0.453. The second kappa shape index (κ2) is 9.14. The molecule has 0 saturated carbocycles. The first-order valence-electron chi connectivity index (χ1n) is 9.86. The van der Waals surface area contributed by atoms with Crippen molar-refractivity contribution in [1.29, 1.82) is 0 Å². The first kappa shape index (κ1) is 20.8. The van der Waals surface area contributed by atoms with Gasteiger partial charge in [0.1, 0.15) is 5.82 Å². The number of H-pyrrole nitrogens is 1. The standard InChI is InChI=1S/C23H21ClFN5O/c1-29(23(31)17-14-26-30(15-17)21-9-7-18(24)8-10-21)11-3-6-20-13-22(28-27-20)16-4-2-5-19(25)12-16/h2,4-5,7-10,12-15H,3,6,11H2,1H3,(H,27,28). The molecule has 0 aliphatic carbocycles. The lowest BCUT2D eigenvalue weighted by Crippen LogP contribution is -2.27. The van der Waals surface area contributed by atoms with E-state index in [0.29, 0.717) is 22.8 Å². The Morgan fingerprint density at radius 1 is 1.19 bits per heavy atom. The van der Waals surface area contributed by atoms with Gasteiger partial charge in [-0.25, -0.2) is 9.07 Å². The number of carbonyl (C=O) groups is 1. The van der Waals surface area contributed by atoms with Gasteiger partial charge in [0.25, 0.3) is 5.91 Å². The lowest BCUT2D eigenvalue weighted by Gasteiger charge is -2.15. The molecule has 4 rings (SSSR count). The van der Waals surface area contributed by atoms with E-state index in [4.69, 9.17) is 11.6 Å². The molecule has 0 unspecified atom stereocenters. The van der Waals surface area contributed by atoms with Gasteiger partial charge in [-0.3, -0.25) is 9.89 Å². The number of benzene rings is 2. The van der Waals surface area contributed by atoms with Crippen LogP contribution in [0.5, 0.6) is 0 Å². The van der Waals surface area contributed by atoms with Gasteiger partial charge in [-0.1, -0.05) is 23.7 Å². The number of aromatic amines is 1. The van der Waals surface area contributed by atoms with E-state index < -0.39 is 0 Å². The summed E-state index contributed by atoms with van der Waals surface area (Å²) in [6.45, 7) is 0.583. The highest BCUT2D eigenvalue weighted by atomic mass is 35.5. The van der Waals surface area contributed by atoms with E-state index in [2.05, 4.69) is 15.3 Å². The minimum absolute atomic E-state index is 0.0923. The van der Waals surface area contributed by atoms with Crippen molar-refractivity contribution in [3.63, 3.8) is 0 Å². The SMILES string of the molecule is CN(CCCc1cc(-c2cccc(F)c2)n[nH]1)C(=O)c1cnn(-c2ccc(Cl)cc2)c1. The third-order valence-electron chi connectivity index (χ3n) is 4.96. The van der Waals surface area contributed by atoms with E-state index in [9.17, 15) is 9.18 Å². The lowest BCUT2D eigenvalue weighted by molar-refractivity contribution is 0.0793. The van der Waals surface area contributed by atoms with Crippen molar-refractivity contribution >= 4 is 17.5 Å². The summed E-state index contributed by atoms with van der Waals surface area (Å²) in [5.41, 5.74) is 3.73. The summed E-state index contributed by atoms with van der Waals surface area (Å²) in [6, 6.07) is 15.5. The van der Waals surface area contributed by atoms with Gasteiger partial charge in [-0.15, -0.1) is 0 Å². The maximum Gasteiger partial charge on any atom is 0.256 e. The zero-order valence-corrected chi connectivity index (χ0v) is 17.7. The number of aryl methyl sites for hydroxylation is 1. The van der Waals surface area contributed by atoms with Crippen molar-refractivity contribution in [1.82, 2.24) is 24.9 Å². The molecule has 0 fully saturated rings. The van der Waals surface area contributed by atoms with Crippen LogP contribution in [0.25, 0.3) is 16.9 Å². The van der Waals surface area contributed by atoms with Crippen molar-refractivity contribution in [2.75, 3.05) is 13.6 Å². The van der Waals surface area contributed by atoms with E-state index in [1.165, 1.54) is 12.1 Å². The smallest absolute Gasteiger partial charge is 0.256 e. The second-order valence-corrected chi connectivity index (χ2v) is 7.71. The fraction of sp³-hybridized carbons (Fsp3) is 0.174. The van der Waals surface area contributed by atoms with Crippen molar-refractivity contribution in [3.8, 4) is 16.9 Å². The minimum atomic E-state index is -0.290. The number of aromatic nitrogens is 4. The molecular formula is C23H21ClFN5O. The van der Waals surface area contributed by atoms with Gasteiger partial charge in [0.2, 0.25) is 0 Å². The molecular weight excluding hydrogens is 417 g/mol. The largest absolute Gasteiger partial charge is 0.342 e. The summed E-state index contributed by atoms with van der Waals surface area (Å²) in [7, 11) is 1.77. The van der Waals surface area contributed by atoms with Crippen molar-refractivity contribution in [2.24, 2.45) is 0 Å². The predicted molar refractivity (Wildman–Crippen MR) is 118 cm³/mol. The van der Waals surface area contributed by atoms with Gasteiger partial charge < -0.3 is 4.90 Å². The van der Waals surface area contributed by atoms with Crippen LogP contribution in [0.4, 0.5) is 4.39 Å². The van der Waals surface area contributed by atoms with Gasteiger partial charge in [0.05, 0.1) is 23.1 Å². The molecule has 2 heterocycles. The highest BCUT2D eigenvalue weighted by Gasteiger charge is 2.14. The molecule has 0 bridgehead atoms. The Labute approximate surface area is 184 Å². The Kier molecular flexibility index (Phi) is 6.13. The van der Waals surface area contributed by atoms with Gasteiger partial charge >= 0.3 is 0 Å². The number of halogens is 2. The summed E-state index contributed by atoms with van der Waals surface area (Å²) < 4.78 is 15.0. The predicted octanol–water partition coefficient (Wildman–Crippen LogP) is 4.76. The third-order valence-corrected chi connectivity index (χ3v) is 5.21. The first-order valence-corrected chi connectivity index (χ1v) is 10.2. The van der Waals surface area contributed by atoms with Gasteiger partial charge in [-0.2, -0.15) is 10.2 Å². The molecule has 4 aromatic rings. The maximum absolute atomic E-state index is 13.4. The molecule has 2 aromatic carbocycles. The molecule has 0 radical (unpaired) electrons. The average molecular weight is 438 g/mol. The van der Waals surface area contributed by atoms with Crippen molar-refractivity contribution in [3.05, 3.63) is 89.1 Å². The fourth-order valence-electron chi connectivity index (χ4n) is 3.28. The molecule has 31 heavy (non-hydrogen) atoms. The zero-order chi connectivity index (χ0) is 21.8. The normalized spacial score (nSPS) is 10.9. The van der Waals surface area contributed by atoms with Crippen LogP contribution in [0.15, 0.2) is 67.0 Å². The molecule has 0 aliphatic heterocycles. The van der Waals surface area contributed by atoms with Crippen LogP contribution in [-0.2, 0) is 6.42 Å². The number of carbonyl (C=O) groups excluding carboxylic acids is 1. The van der Waals surface area contributed by atoms with Gasteiger partial charge in [0, 0.05) is 36.1 Å². The molecule has 0 spiro atoms. The minimum Gasteiger partial charge on any atom is -0.342 e. The molecule has 0 saturated heterocycles. The molecule has 0 atom stereocenters. The van der Waals surface area contributed by atoms with E-state index in [1.807, 2.05) is 24.3 Å². The molecule has 1 amide bonds. The Morgan fingerprint density at radius 2 is 2.00 bits per heavy atom. The summed E-state index contributed by atoms with van der Waals surface area (Å²) in [5.74, 6) is -0.383. The van der Waals surface area contributed by atoms with Crippen LogP contribution in [0, 0.1) is 5.82 Å². The lowest BCUT2D eigenvalue weighted by atomic mass is 10.1. The Balaban J connectivity index is 1.31. The Bertz CT molecular complexity index is 1180. The summed E-state index contributed by atoms with van der Waals surface area (Å²) in [5, 5.41) is 12.2. The fourth-order valence-corrected chi connectivity index (χ4v) is 3.41. The molecule has 1 N–H and O–H groups in total. The number of rotatable bonds is 7. The number of nitrogens with zero attached hydrogens (tertiary/aromatic N) is 4. The zero-order valence-electron chi connectivity index (χ0n) is 16.9. The third kappa shape index (κ3) is 5.00. The number of hydrogen-bond acceptors (Lipinski definition) is 3.